The van der Waals surface area contributed by atoms with Crippen LogP contribution in [-0.2, 0) is 9.63 Å². The zero-order valence-electron chi connectivity index (χ0n) is 15.5. The van der Waals surface area contributed by atoms with Crippen molar-refractivity contribution in [2.24, 2.45) is 0 Å². The number of hydrogen-bond donors (Lipinski definition) is 0. The lowest BCUT2D eigenvalue weighted by atomic mass is 9.82. The summed E-state index contributed by atoms with van der Waals surface area (Å²) < 4.78 is 0. The van der Waals surface area contributed by atoms with Crippen molar-refractivity contribution in [1.82, 2.24) is 5.06 Å². The van der Waals surface area contributed by atoms with Crippen LogP contribution in [0.25, 0.3) is 0 Å². The van der Waals surface area contributed by atoms with Gasteiger partial charge in [-0.25, -0.2) is 0 Å². The Morgan fingerprint density at radius 1 is 0.909 bits per heavy atom. The van der Waals surface area contributed by atoms with Gasteiger partial charge in [-0.05, 0) is 53.4 Å². The van der Waals surface area contributed by atoms with Crippen LogP contribution in [0, 0.1) is 0 Å². The van der Waals surface area contributed by atoms with E-state index in [2.05, 4.69) is 34.6 Å². The third kappa shape index (κ3) is 6.28. The first-order valence-electron chi connectivity index (χ1n) is 9.31. The molecule has 0 bridgehead atoms. The number of carbonyl (C=O) groups excluding carboxylic acids is 1. The first-order valence-corrected chi connectivity index (χ1v) is 9.31. The number of nitrogens with zero attached hydrogens (tertiary/aromatic N) is 1. The van der Waals surface area contributed by atoms with E-state index in [9.17, 15) is 4.79 Å². The summed E-state index contributed by atoms with van der Waals surface area (Å²) in [7, 11) is 0. The van der Waals surface area contributed by atoms with Crippen molar-refractivity contribution in [3.63, 3.8) is 0 Å². The average Bonchev–Trinajstić information content (AvgIpc) is 2.41. The second-order valence-corrected chi connectivity index (χ2v) is 8.11. The Kier molecular flexibility index (Phi) is 7.88. The minimum Gasteiger partial charge on any atom is -0.367 e. The van der Waals surface area contributed by atoms with Crippen molar-refractivity contribution in [3.05, 3.63) is 0 Å². The van der Waals surface area contributed by atoms with Crippen LogP contribution in [0.15, 0.2) is 0 Å². The molecule has 0 aromatic rings. The quantitative estimate of drug-likeness (QED) is 0.517. The van der Waals surface area contributed by atoms with Gasteiger partial charge in [0, 0.05) is 6.42 Å². The summed E-state index contributed by atoms with van der Waals surface area (Å²) in [6.45, 7) is 10.9. The van der Waals surface area contributed by atoms with E-state index < -0.39 is 0 Å². The van der Waals surface area contributed by atoms with Crippen LogP contribution >= 0.6 is 0 Å². The fourth-order valence-corrected chi connectivity index (χ4v) is 3.60. The third-order valence-corrected chi connectivity index (χ3v) is 4.85. The monoisotopic (exact) mass is 311 g/mol. The van der Waals surface area contributed by atoms with E-state index in [0.717, 1.165) is 25.7 Å². The van der Waals surface area contributed by atoms with Gasteiger partial charge in [-0.1, -0.05) is 45.4 Å². The van der Waals surface area contributed by atoms with Gasteiger partial charge in [-0.2, -0.15) is 0 Å². The van der Waals surface area contributed by atoms with Gasteiger partial charge >= 0.3 is 5.97 Å². The van der Waals surface area contributed by atoms with Gasteiger partial charge in [0.1, 0.15) is 0 Å². The molecule has 3 nitrogen and oxygen atoms in total. The number of unbranched alkanes of at least 4 members (excludes halogenated alkanes) is 6. The smallest absolute Gasteiger partial charge is 0.325 e. The molecule has 1 rings (SSSR count). The molecule has 0 radical (unpaired) electrons. The first-order chi connectivity index (χ1) is 10.3. The van der Waals surface area contributed by atoms with Gasteiger partial charge in [0.25, 0.3) is 0 Å². The van der Waals surface area contributed by atoms with E-state index in [1.54, 1.807) is 0 Å². The van der Waals surface area contributed by atoms with Crippen LogP contribution in [0.2, 0.25) is 0 Å². The Balaban J connectivity index is 2.28. The maximum Gasteiger partial charge on any atom is 0.325 e. The zero-order valence-corrected chi connectivity index (χ0v) is 15.5. The van der Waals surface area contributed by atoms with Crippen LogP contribution in [-0.4, -0.2) is 22.1 Å². The maximum atomic E-state index is 12.2. The molecule has 0 unspecified atom stereocenters. The normalized spacial score (nSPS) is 20.8. The van der Waals surface area contributed by atoms with E-state index in [1.807, 2.05) is 5.06 Å². The molecule has 1 saturated heterocycles. The molecule has 130 valence electrons. The molecule has 1 heterocycles. The minimum absolute atomic E-state index is 0.0580. The summed E-state index contributed by atoms with van der Waals surface area (Å²) in [4.78, 5) is 17.9. The van der Waals surface area contributed by atoms with Crippen molar-refractivity contribution in [3.8, 4) is 0 Å². The topological polar surface area (TPSA) is 29.5 Å². The highest BCUT2D eigenvalue weighted by molar-refractivity contribution is 5.69. The van der Waals surface area contributed by atoms with Gasteiger partial charge in [-0.3, -0.25) is 4.79 Å². The molecular weight excluding hydrogens is 274 g/mol. The van der Waals surface area contributed by atoms with Crippen LogP contribution in [0.5, 0.6) is 0 Å². The van der Waals surface area contributed by atoms with Crippen LogP contribution in [0.1, 0.15) is 105 Å². The van der Waals surface area contributed by atoms with Crippen LogP contribution in [0.4, 0.5) is 0 Å². The highest BCUT2D eigenvalue weighted by atomic mass is 16.7. The van der Waals surface area contributed by atoms with Crippen molar-refractivity contribution < 1.29 is 9.63 Å². The summed E-state index contributed by atoms with van der Waals surface area (Å²) in [5, 5.41) is 1.97. The molecule has 0 aliphatic carbocycles. The second-order valence-electron chi connectivity index (χ2n) is 8.11. The molecule has 1 aliphatic heterocycles. The minimum atomic E-state index is -0.0587. The molecule has 0 spiro atoms. The summed E-state index contributed by atoms with van der Waals surface area (Å²) in [5.41, 5.74) is -0.116. The van der Waals surface area contributed by atoms with E-state index in [4.69, 9.17) is 4.84 Å². The highest BCUT2D eigenvalue weighted by Gasteiger charge is 2.44. The lowest BCUT2D eigenvalue weighted by molar-refractivity contribution is -0.265. The molecule has 0 amide bonds. The van der Waals surface area contributed by atoms with Gasteiger partial charge in [-0.15, -0.1) is 5.06 Å². The molecule has 0 atom stereocenters. The largest absolute Gasteiger partial charge is 0.367 e. The molecule has 3 heteroatoms. The molecule has 22 heavy (non-hydrogen) atoms. The van der Waals surface area contributed by atoms with E-state index in [-0.39, 0.29) is 17.0 Å². The van der Waals surface area contributed by atoms with Crippen LogP contribution < -0.4 is 0 Å². The van der Waals surface area contributed by atoms with Crippen molar-refractivity contribution in [2.75, 3.05) is 0 Å². The standard InChI is InChI=1S/C19H37NO2/c1-6-7-8-9-10-11-12-14-17(21)22-20-18(2,3)15-13-16-19(20,4)5/h6-16H2,1-5H3. The zero-order chi connectivity index (χ0) is 16.6. The second kappa shape index (κ2) is 8.90. The lowest BCUT2D eigenvalue weighted by Crippen LogP contribution is -2.58. The average molecular weight is 312 g/mol. The molecule has 0 aromatic heterocycles. The number of piperidine rings is 1. The number of rotatable bonds is 9. The summed E-state index contributed by atoms with van der Waals surface area (Å²) in [6.07, 6.45) is 12.5. The molecular formula is C19H37NO2. The summed E-state index contributed by atoms with van der Waals surface area (Å²) in [6, 6.07) is 0. The molecule has 0 saturated carbocycles. The maximum absolute atomic E-state index is 12.2. The fraction of sp³-hybridized carbons (Fsp3) is 0.947. The predicted octanol–water partition coefficient (Wildman–Crippen LogP) is 5.63. The summed E-state index contributed by atoms with van der Waals surface area (Å²) in [5.74, 6) is -0.0587. The molecule has 0 aromatic carbocycles. The Labute approximate surface area is 137 Å². The fourth-order valence-electron chi connectivity index (χ4n) is 3.60. The molecule has 1 fully saturated rings. The van der Waals surface area contributed by atoms with E-state index in [1.165, 1.54) is 38.5 Å². The number of hydroxylamine groups is 2. The van der Waals surface area contributed by atoms with Gasteiger partial charge in [0.2, 0.25) is 0 Å². The van der Waals surface area contributed by atoms with Gasteiger partial charge in [0.05, 0.1) is 11.1 Å². The predicted molar refractivity (Wildman–Crippen MR) is 92.6 cm³/mol. The van der Waals surface area contributed by atoms with Gasteiger partial charge < -0.3 is 4.84 Å². The Hall–Kier alpha value is -0.570. The van der Waals surface area contributed by atoms with E-state index >= 15 is 0 Å². The molecule has 0 N–H and O–H groups in total. The van der Waals surface area contributed by atoms with Crippen molar-refractivity contribution >= 4 is 5.97 Å². The van der Waals surface area contributed by atoms with E-state index in [0.29, 0.717) is 6.42 Å². The lowest BCUT2D eigenvalue weighted by Gasteiger charge is -2.50. The number of carbonyl (C=O) groups is 1. The Morgan fingerprint density at radius 3 is 1.95 bits per heavy atom. The highest BCUT2D eigenvalue weighted by Crippen LogP contribution is 2.38. The van der Waals surface area contributed by atoms with Crippen molar-refractivity contribution in [2.45, 2.75) is 116 Å². The third-order valence-electron chi connectivity index (χ3n) is 4.85. The Morgan fingerprint density at radius 2 is 1.41 bits per heavy atom. The van der Waals surface area contributed by atoms with Crippen molar-refractivity contribution in [1.29, 1.82) is 0 Å². The SMILES string of the molecule is CCCCCCCCCC(=O)ON1C(C)(C)CCCC1(C)C. The Bertz CT molecular complexity index is 320. The van der Waals surface area contributed by atoms with Gasteiger partial charge in [0.15, 0.2) is 0 Å². The first kappa shape index (κ1) is 19.5. The summed E-state index contributed by atoms with van der Waals surface area (Å²) >= 11 is 0. The molecule has 1 aliphatic rings. The number of hydrogen-bond acceptors (Lipinski definition) is 3. The van der Waals surface area contributed by atoms with Crippen LogP contribution in [0.3, 0.4) is 0 Å².